The van der Waals surface area contributed by atoms with Gasteiger partial charge in [0, 0.05) is 0 Å². The third-order valence-corrected chi connectivity index (χ3v) is 6.00. The predicted octanol–water partition coefficient (Wildman–Crippen LogP) is 5.77. The molecule has 0 bridgehead atoms. The number of nitrogens with zero attached hydrogens (tertiary/aromatic N) is 1. The second-order valence-corrected chi connectivity index (χ2v) is 8.94. The second kappa shape index (κ2) is 13.8. The smallest absolute Gasteiger partial charge is 0.335 e. The van der Waals surface area contributed by atoms with E-state index in [-0.39, 0.29) is 5.57 Å². The van der Waals surface area contributed by atoms with Crippen LogP contribution in [0.5, 0.6) is 17.2 Å². The lowest BCUT2D eigenvalue weighted by molar-refractivity contribution is -0.122. The molecule has 0 radical (unpaired) electrons. The van der Waals surface area contributed by atoms with Gasteiger partial charge in [-0.05, 0) is 66.6 Å². The number of benzene rings is 3. The van der Waals surface area contributed by atoms with Crippen LogP contribution in [-0.2, 0) is 9.59 Å². The molecule has 1 N–H and O–H groups in total. The lowest BCUT2D eigenvalue weighted by Gasteiger charge is -2.26. The van der Waals surface area contributed by atoms with E-state index < -0.39 is 17.8 Å². The van der Waals surface area contributed by atoms with Crippen molar-refractivity contribution in [3.63, 3.8) is 0 Å². The normalized spacial score (nSPS) is 14.3. The molecule has 0 aliphatic carbocycles. The molecule has 8 heteroatoms. The van der Waals surface area contributed by atoms with Crippen LogP contribution in [0.1, 0.15) is 38.2 Å². The van der Waals surface area contributed by atoms with Crippen molar-refractivity contribution in [1.82, 2.24) is 5.32 Å². The van der Waals surface area contributed by atoms with E-state index in [1.54, 1.807) is 54.6 Å². The van der Waals surface area contributed by atoms with Crippen LogP contribution in [0, 0.1) is 0 Å². The van der Waals surface area contributed by atoms with Crippen LogP contribution in [0.4, 0.5) is 10.5 Å². The van der Waals surface area contributed by atoms with Gasteiger partial charge in [0.05, 0.1) is 12.3 Å². The van der Waals surface area contributed by atoms with Crippen molar-refractivity contribution in [2.45, 2.75) is 32.6 Å². The molecular weight excluding hydrogens is 496 g/mol. The average Bonchev–Trinajstić information content (AvgIpc) is 2.95. The van der Waals surface area contributed by atoms with Crippen molar-refractivity contribution in [3.05, 3.63) is 90.0 Å². The second-order valence-electron chi connectivity index (χ2n) is 8.94. The van der Waals surface area contributed by atoms with Crippen LogP contribution >= 0.6 is 0 Å². The van der Waals surface area contributed by atoms with Crippen molar-refractivity contribution in [2.75, 3.05) is 24.7 Å². The van der Waals surface area contributed by atoms with Crippen molar-refractivity contribution in [1.29, 1.82) is 0 Å². The van der Waals surface area contributed by atoms with Gasteiger partial charge < -0.3 is 14.2 Å². The molecule has 0 spiro atoms. The average molecular weight is 529 g/mol. The fraction of sp³-hybridized carbons (Fsp3) is 0.258. The Labute approximate surface area is 228 Å². The number of hydrogen-bond donors (Lipinski definition) is 1. The monoisotopic (exact) mass is 528 g/mol. The minimum absolute atomic E-state index is 0.146. The van der Waals surface area contributed by atoms with E-state index in [1.807, 2.05) is 24.3 Å². The Hall–Kier alpha value is -4.59. The Morgan fingerprint density at radius 2 is 1.38 bits per heavy atom. The fourth-order valence-electron chi connectivity index (χ4n) is 4.00. The van der Waals surface area contributed by atoms with Crippen LogP contribution < -0.4 is 24.4 Å². The first-order valence-electron chi connectivity index (χ1n) is 13.1. The number of para-hydroxylation sites is 1. The van der Waals surface area contributed by atoms with Crippen LogP contribution in [0.25, 0.3) is 6.08 Å². The molecule has 4 amide bonds. The molecule has 1 heterocycles. The van der Waals surface area contributed by atoms with Gasteiger partial charge in [0.25, 0.3) is 11.8 Å². The molecule has 202 valence electrons. The molecule has 1 aliphatic heterocycles. The highest BCUT2D eigenvalue weighted by Gasteiger charge is 2.36. The van der Waals surface area contributed by atoms with E-state index >= 15 is 0 Å². The quantitative estimate of drug-likeness (QED) is 0.172. The number of barbiturate groups is 1. The first-order chi connectivity index (χ1) is 19.0. The van der Waals surface area contributed by atoms with Crippen molar-refractivity contribution >= 4 is 29.6 Å². The van der Waals surface area contributed by atoms with Gasteiger partial charge in [-0.25, -0.2) is 9.69 Å². The van der Waals surface area contributed by atoms with E-state index in [9.17, 15) is 14.4 Å². The lowest BCUT2D eigenvalue weighted by atomic mass is 10.1. The van der Waals surface area contributed by atoms with Gasteiger partial charge in [0.2, 0.25) is 0 Å². The number of carbonyl (C=O) groups excluding carboxylic acids is 3. The number of rotatable bonds is 13. The van der Waals surface area contributed by atoms with Gasteiger partial charge >= 0.3 is 6.03 Å². The Balaban J connectivity index is 1.29. The zero-order chi connectivity index (χ0) is 27.5. The van der Waals surface area contributed by atoms with E-state index in [1.165, 1.54) is 25.3 Å². The number of imide groups is 2. The summed E-state index contributed by atoms with van der Waals surface area (Å²) >= 11 is 0. The maximum atomic E-state index is 13.0. The molecule has 1 fully saturated rings. The topological polar surface area (TPSA) is 94.2 Å². The summed E-state index contributed by atoms with van der Waals surface area (Å²) in [6, 6.07) is 22.2. The molecule has 1 aliphatic rings. The molecule has 0 atom stereocenters. The molecule has 3 aromatic rings. The van der Waals surface area contributed by atoms with Crippen LogP contribution in [0.2, 0.25) is 0 Å². The zero-order valence-electron chi connectivity index (χ0n) is 21.9. The van der Waals surface area contributed by atoms with Gasteiger partial charge in [-0.2, -0.15) is 0 Å². The predicted molar refractivity (Wildman–Crippen MR) is 149 cm³/mol. The zero-order valence-corrected chi connectivity index (χ0v) is 21.9. The highest BCUT2D eigenvalue weighted by molar-refractivity contribution is 6.39. The van der Waals surface area contributed by atoms with Crippen LogP contribution in [0.15, 0.2) is 84.4 Å². The molecule has 0 saturated carbocycles. The van der Waals surface area contributed by atoms with Gasteiger partial charge in [0.15, 0.2) is 0 Å². The molecule has 0 aromatic heterocycles. The molecule has 8 nitrogen and oxygen atoms in total. The minimum Gasteiger partial charge on any atom is -0.494 e. The summed E-state index contributed by atoms with van der Waals surface area (Å²) in [7, 11) is 0. The molecule has 1 saturated heterocycles. The minimum atomic E-state index is -0.782. The Morgan fingerprint density at radius 1 is 0.718 bits per heavy atom. The summed E-state index contributed by atoms with van der Waals surface area (Å²) in [6.45, 7) is 3.53. The third-order valence-electron chi connectivity index (χ3n) is 6.00. The molecule has 39 heavy (non-hydrogen) atoms. The Morgan fingerprint density at radius 3 is 2.08 bits per heavy atom. The van der Waals surface area contributed by atoms with Gasteiger partial charge in [-0.3, -0.25) is 14.9 Å². The summed E-state index contributed by atoms with van der Waals surface area (Å²) in [5.41, 5.74) is 0.812. The van der Waals surface area contributed by atoms with Gasteiger partial charge in [0.1, 0.15) is 36.0 Å². The maximum Gasteiger partial charge on any atom is 0.335 e. The van der Waals surface area contributed by atoms with E-state index in [0.717, 1.165) is 22.8 Å². The summed E-state index contributed by atoms with van der Waals surface area (Å²) in [4.78, 5) is 38.7. The number of unbranched alkanes of at least 4 members (excludes halogenated alkanes) is 3. The maximum absolute atomic E-state index is 13.0. The number of carbonyl (C=O) groups is 3. The molecule has 3 aromatic carbocycles. The largest absolute Gasteiger partial charge is 0.494 e. The standard InChI is InChI=1S/C31H32N2O6/c1-2-3-4-8-18-37-25-14-16-26(17-15-25)38-19-20-39-27-13-9-10-23(21-27)22-28-29(34)32-31(36)33(30(28)35)24-11-6-5-7-12-24/h5-7,9-17,21-22H,2-4,8,18-20H2,1H3,(H,32,34,36)/b28-22-. The molecular formula is C31H32N2O6. The summed E-state index contributed by atoms with van der Waals surface area (Å²) in [6.07, 6.45) is 6.11. The van der Waals surface area contributed by atoms with E-state index in [0.29, 0.717) is 36.8 Å². The van der Waals surface area contributed by atoms with Gasteiger partial charge in [-0.1, -0.05) is 56.5 Å². The summed E-state index contributed by atoms with van der Waals surface area (Å²) in [5, 5.41) is 2.22. The van der Waals surface area contributed by atoms with Gasteiger partial charge in [-0.15, -0.1) is 0 Å². The number of urea groups is 1. The van der Waals surface area contributed by atoms with Crippen molar-refractivity contribution < 1.29 is 28.6 Å². The van der Waals surface area contributed by atoms with E-state index in [4.69, 9.17) is 14.2 Å². The number of nitrogens with one attached hydrogen (secondary N) is 1. The SMILES string of the molecule is CCCCCCOc1ccc(OCCOc2cccc(/C=C3/C(=O)NC(=O)N(c4ccccc4)C3=O)c2)cc1. The van der Waals surface area contributed by atoms with Crippen LogP contribution in [0.3, 0.4) is 0 Å². The third kappa shape index (κ3) is 7.70. The molecule has 4 rings (SSSR count). The number of hydrogen-bond acceptors (Lipinski definition) is 6. The Kier molecular flexibility index (Phi) is 9.72. The fourth-order valence-corrected chi connectivity index (χ4v) is 4.00. The summed E-state index contributed by atoms with van der Waals surface area (Å²) < 4.78 is 17.3. The first-order valence-corrected chi connectivity index (χ1v) is 13.1. The first kappa shape index (κ1) is 27.4. The van der Waals surface area contributed by atoms with Crippen molar-refractivity contribution in [3.8, 4) is 17.2 Å². The van der Waals surface area contributed by atoms with Crippen LogP contribution in [-0.4, -0.2) is 37.7 Å². The molecule has 0 unspecified atom stereocenters. The summed E-state index contributed by atoms with van der Waals surface area (Å²) in [5.74, 6) is 0.656. The number of ether oxygens (including phenoxy) is 3. The number of amides is 4. The highest BCUT2D eigenvalue weighted by Crippen LogP contribution is 2.23. The Bertz CT molecular complexity index is 1300. The number of anilines is 1. The van der Waals surface area contributed by atoms with Crippen molar-refractivity contribution in [2.24, 2.45) is 0 Å². The highest BCUT2D eigenvalue weighted by atomic mass is 16.5. The van der Waals surface area contributed by atoms with E-state index in [2.05, 4.69) is 12.2 Å². The lowest BCUT2D eigenvalue weighted by Crippen LogP contribution is -2.54.